The number of nitrogen functional groups attached to an aromatic ring is 1. The zero-order valence-corrected chi connectivity index (χ0v) is 12.7. The lowest BCUT2D eigenvalue weighted by Gasteiger charge is -2.22. The van der Waals surface area contributed by atoms with E-state index in [0.29, 0.717) is 23.0 Å². The quantitative estimate of drug-likeness (QED) is 0.560. The first-order valence-corrected chi connectivity index (χ1v) is 7.37. The van der Waals surface area contributed by atoms with E-state index in [2.05, 4.69) is 19.2 Å². The highest BCUT2D eigenvalue weighted by molar-refractivity contribution is 5.98. The van der Waals surface area contributed by atoms with E-state index in [1.165, 1.54) is 7.11 Å². The molecule has 0 aromatic heterocycles. The standard InChI is InChI=1S/C16H26N2O2/c1-4-6-9-12(8-5-2)18-15-13(16(19)20-3)10-7-11-14(15)17/h7,10-12,18H,4-6,8-9,17H2,1-3H3. The molecule has 1 aromatic carbocycles. The van der Waals surface area contributed by atoms with Crippen molar-refractivity contribution in [3.8, 4) is 0 Å². The predicted molar refractivity (Wildman–Crippen MR) is 84.0 cm³/mol. The van der Waals surface area contributed by atoms with Gasteiger partial charge in [-0.1, -0.05) is 39.2 Å². The Kier molecular flexibility index (Phi) is 6.91. The van der Waals surface area contributed by atoms with Crippen molar-refractivity contribution >= 4 is 17.3 Å². The van der Waals surface area contributed by atoms with Gasteiger partial charge in [-0.15, -0.1) is 0 Å². The Hall–Kier alpha value is -1.71. The normalized spacial score (nSPS) is 11.9. The molecule has 0 saturated heterocycles. The number of methoxy groups -OCH3 is 1. The van der Waals surface area contributed by atoms with Crippen molar-refractivity contribution in [2.24, 2.45) is 0 Å². The molecule has 1 aromatic rings. The Labute approximate surface area is 121 Å². The number of benzene rings is 1. The number of esters is 1. The predicted octanol–water partition coefficient (Wildman–Crippen LogP) is 3.83. The molecule has 0 aliphatic carbocycles. The molecule has 0 heterocycles. The number of hydrogen-bond acceptors (Lipinski definition) is 4. The molecule has 0 saturated carbocycles. The van der Waals surface area contributed by atoms with Gasteiger partial charge >= 0.3 is 5.97 Å². The van der Waals surface area contributed by atoms with Crippen molar-refractivity contribution in [3.63, 3.8) is 0 Å². The third-order valence-electron chi connectivity index (χ3n) is 3.39. The molecule has 112 valence electrons. The second kappa shape index (κ2) is 8.46. The summed E-state index contributed by atoms with van der Waals surface area (Å²) in [6.45, 7) is 4.34. The number of nitrogens with two attached hydrogens (primary N) is 1. The molecule has 0 bridgehead atoms. The zero-order valence-electron chi connectivity index (χ0n) is 12.7. The molecule has 4 nitrogen and oxygen atoms in total. The Bertz CT molecular complexity index is 432. The van der Waals surface area contributed by atoms with Crippen LogP contribution in [-0.2, 0) is 4.74 Å². The fraction of sp³-hybridized carbons (Fsp3) is 0.562. The van der Waals surface area contributed by atoms with Crippen LogP contribution in [0.25, 0.3) is 0 Å². The van der Waals surface area contributed by atoms with E-state index in [1.807, 2.05) is 0 Å². The SMILES string of the molecule is CCCCC(CCC)Nc1c(N)cccc1C(=O)OC. The van der Waals surface area contributed by atoms with Gasteiger partial charge < -0.3 is 15.8 Å². The summed E-state index contributed by atoms with van der Waals surface area (Å²) in [6, 6.07) is 5.66. The highest BCUT2D eigenvalue weighted by atomic mass is 16.5. The minimum atomic E-state index is -0.356. The van der Waals surface area contributed by atoms with Gasteiger partial charge in [0.15, 0.2) is 0 Å². The molecular formula is C16H26N2O2. The molecule has 0 fully saturated rings. The summed E-state index contributed by atoms with van der Waals surface area (Å²) in [7, 11) is 1.38. The lowest BCUT2D eigenvalue weighted by molar-refractivity contribution is 0.0602. The molecule has 0 amide bonds. The monoisotopic (exact) mass is 278 g/mol. The summed E-state index contributed by atoms with van der Waals surface area (Å²) in [5.41, 5.74) is 7.81. The first-order chi connectivity index (χ1) is 9.63. The molecule has 0 aliphatic rings. The number of para-hydroxylation sites is 1. The second-order valence-electron chi connectivity index (χ2n) is 5.03. The lowest BCUT2D eigenvalue weighted by atomic mass is 10.0. The summed E-state index contributed by atoms with van der Waals surface area (Å²) in [6.07, 6.45) is 5.57. The van der Waals surface area contributed by atoms with E-state index in [1.54, 1.807) is 18.2 Å². The smallest absolute Gasteiger partial charge is 0.340 e. The molecule has 1 unspecified atom stereocenters. The molecule has 0 radical (unpaired) electrons. The number of carbonyl (C=O) groups excluding carboxylic acids is 1. The van der Waals surface area contributed by atoms with Crippen LogP contribution in [0.3, 0.4) is 0 Å². The number of rotatable bonds is 8. The van der Waals surface area contributed by atoms with Crippen LogP contribution in [0.4, 0.5) is 11.4 Å². The van der Waals surface area contributed by atoms with Crippen molar-refractivity contribution in [3.05, 3.63) is 23.8 Å². The zero-order chi connectivity index (χ0) is 15.0. The van der Waals surface area contributed by atoms with Gasteiger partial charge in [0.1, 0.15) is 0 Å². The number of nitrogens with one attached hydrogen (secondary N) is 1. The van der Waals surface area contributed by atoms with Gasteiger partial charge in [-0.05, 0) is 25.0 Å². The van der Waals surface area contributed by atoms with Gasteiger partial charge in [0, 0.05) is 6.04 Å². The van der Waals surface area contributed by atoms with Crippen molar-refractivity contribution in [1.82, 2.24) is 0 Å². The fourth-order valence-corrected chi connectivity index (χ4v) is 2.30. The van der Waals surface area contributed by atoms with Gasteiger partial charge in [0.05, 0.1) is 24.0 Å². The van der Waals surface area contributed by atoms with E-state index >= 15 is 0 Å². The Morgan fingerprint density at radius 2 is 2.05 bits per heavy atom. The van der Waals surface area contributed by atoms with E-state index < -0.39 is 0 Å². The molecule has 20 heavy (non-hydrogen) atoms. The molecule has 3 N–H and O–H groups in total. The van der Waals surface area contributed by atoms with Gasteiger partial charge in [0.25, 0.3) is 0 Å². The second-order valence-corrected chi connectivity index (χ2v) is 5.03. The highest BCUT2D eigenvalue weighted by Crippen LogP contribution is 2.26. The van der Waals surface area contributed by atoms with E-state index in [4.69, 9.17) is 10.5 Å². The van der Waals surface area contributed by atoms with Gasteiger partial charge in [-0.2, -0.15) is 0 Å². The van der Waals surface area contributed by atoms with Crippen LogP contribution in [0.1, 0.15) is 56.3 Å². The van der Waals surface area contributed by atoms with Crippen molar-refractivity contribution in [2.75, 3.05) is 18.2 Å². The van der Waals surface area contributed by atoms with Crippen LogP contribution >= 0.6 is 0 Å². The minimum Gasteiger partial charge on any atom is -0.465 e. The summed E-state index contributed by atoms with van der Waals surface area (Å²) >= 11 is 0. The topological polar surface area (TPSA) is 64.3 Å². The lowest BCUT2D eigenvalue weighted by Crippen LogP contribution is -2.22. The Morgan fingerprint density at radius 3 is 2.65 bits per heavy atom. The summed E-state index contributed by atoms with van der Waals surface area (Å²) in [4.78, 5) is 11.8. The number of ether oxygens (including phenoxy) is 1. The van der Waals surface area contributed by atoms with Crippen molar-refractivity contribution in [1.29, 1.82) is 0 Å². The maximum absolute atomic E-state index is 11.8. The fourth-order valence-electron chi connectivity index (χ4n) is 2.30. The third kappa shape index (κ3) is 4.44. The van der Waals surface area contributed by atoms with Crippen molar-refractivity contribution < 1.29 is 9.53 Å². The maximum Gasteiger partial charge on any atom is 0.340 e. The number of unbranched alkanes of at least 4 members (excludes halogenated alkanes) is 1. The molecule has 4 heteroatoms. The van der Waals surface area contributed by atoms with Crippen LogP contribution in [0.15, 0.2) is 18.2 Å². The van der Waals surface area contributed by atoms with Crippen LogP contribution in [-0.4, -0.2) is 19.1 Å². The molecule has 0 spiro atoms. The third-order valence-corrected chi connectivity index (χ3v) is 3.39. The van der Waals surface area contributed by atoms with E-state index in [0.717, 1.165) is 32.1 Å². The first kappa shape index (κ1) is 16.3. The summed E-state index contributed by atoms with van der Waals surface area (Å²) in [5.74, 6) is -0.356. The average molecular weight is 278 g/mol. The molecular weight excluding hydrogens is 252 g/mol. The minimum absolute atomic E-state index is 0.341. The van der Waals surface area contributed by atoms with Gasteiger partial charge in [-0.25, -0.2) is 4.79 Å². The number of anilines is 2. The van der Waals surface area contributed by atoms with E-state index in [-0.39, 0.29) is 5.97 Å². The van der Waals surface area contributed by atoms with Crippen LogP contribution in [0.2, 0.25) is 0 Å². The van der Waals surface area contributed by atoms with Gasteiger partial charge in [-0.3, -0.25) is 0 Å². The van der Waals surface area contributed by atoms with Gasteiger partial charge in [0.2, 0.25) is 0 Å². The summed E-state index contributed by atoms with van der Waals surface area (Å²) < 4.78 is 4.82. The largest absolute Gasteiger partial charge is 0.465 e. The maximum atomic E-state index is 11.8. The highest BCUT2D eigenvalue weighted by Gasteiger charge is 2.17. The molecule has 1 rings (SSSR count). The van der Waals surface area contributed by atoms with Crippen LogP contribution < -0.4 is 11.1 Å². The summed E-state index contributed by atoms with van der Waals surface area (Å²) in [5, 5.41) is 3.44. The van der Waals surface area contributed by atoms with Crippen molar-refractivity contribution in [2.45, 2.75) is 52.0 Å². The van der Waals surface area contributed by atoms with Crippen LogP contribution in [0.5, 0.6) is 0 Å². The first-order valence-electron chi connectivity index (χ1n) is 7.37. The Balaban J connectivity index is 2.95. The average Bonchev–Trinajstić information content (AvgIpc) is 2.46. The van der Waals surface area contributed by atoms with E-state index in [9.17, 15) is 4.79 Å². The molecule has 1 atom stereocenters. The number of hydrogen-bond donors (Lipinski definition) is 2. The Morgan fingerprint density at radius 1 is 1.30 bits per heavy atom. The van der Waals surface area contributed by atoms with Crippen LogP contribution in [0, 0.1) is 0 Å². The molecule has 0 aliphatic heterocycles. The number of carbonyl (C=O) groups is 1.